The van der Waals surface area contributed by atoms with Crippen molar-refractivity contribution in [2.45, 2.75) is 13.2 Å². The van der Waals surface area contributed by atoms with Gasteiger partial charge in [-0.25, -0.2) is 0 Å². The molecule has 2 aromatic carbocycles. The lowest BCUT2D eigenvalue weighted by molar-refractivity contribution is 0.171. The van der Waals surface area contributed by atoms with Crippen molar-refractivity contribution in [2.75, 3.05) is 18.5 Å². The fraction of sp³-hybridized carbons (Fsp3) is 0.250. The molecule has 20 heavy (non-hydrogen) atoms. The van der Waals surface area contributed by atoms with Crippen molar-refractivity contribution in [2.24, 2.45) is 0 Å². The minimum atomic E-state index is 0.0719. The highest BCUT2D eigenvalue weighted by Crippen LogP contribution is 2.30. The maximum absolute atomic E-state index is 9.00. The molecule has 0 saturated heterocycles. The number of aliphatic hydroxyl groups excluding tert-OH is 1. The van der Waals surface area contributed by atoms with Gasteiger partial charge in [-0.2, -0.15) is 0 Å². The van der Waals surface area contributed by atoms with Crippen LogP contribution in [0, 0.1) is 0 Å². The molecule has 0 unspecified atom stereocenters. The molecule has 0 aliphatic carbocycles. The molecule has 1 heterocycles. The lowest BCUT2D eigenvalue weighted by Crippen LogP contribution is -2.15. The molecule has 0 bridgehead atoms. The van der Waals surface area contributed by atoms with Crippen LogP contribution in [-0.4, -0.2) is 18.3 Å². The smallest absolute Gasteiger partial charge is 0.161 e. The number of anilines is 1. The minimum Gasteiger partial charge on any atom is -0.486 e. The predicted octanol–water partition coefficient (Wildman–Crippen LogP) is 2.56. The first-order valence-electron chi connectivity index (χ1n) is 6.67. The van der Waals surface area contributed by atoms with Crippen LogP contribution in [0.3, 0.4) is 0 Å². The summed E-state index contributed by atoms with van der Waals surface area (Å²) in [4.78, 5) is 0. The number of benzene rings is 2. The largest absolute Gasteiger partial charge is 0.486 e. The Morgan fingerprint density at radius 1 is 0.900 bits per heavy atom. The number of fused-ring (bicyclic) bond motifs is 1. The molecule has 0 atom stereocenters. The number of hydrogen-bond acceptors (Lipinski definition) is 4. The summed E-state index contributed by atoms with van der Waals surface area (Å²) in [7, 11) is 0. The first kappa shape index (κ1) is 12.8. The van der Waals surface area contributed by atoms with Gasteiger partial charge in [0.15, 0.2) is 11.5 Å². The second-order valence-electron chi connectivity index (χ2n) is 4.69. The van der Waals surface area contributed by atoms with Crippen molar-refractivity contribution in [3.05, 3.63) is 53.6 Å². The standard InChI is InChI=1S/C16H17NO3/c18-11-12-1-4-14(5-2-12)17-10-13-3-6-15-16(9-13)20-8-7-19-15/h1-6,9,17-18H,7-8,10-11H2. The first-order valence-corrected chi connectivity index (χ1v) is 6.67. The van der Waals surface area contributed by atoms with Gasteiger partial charge in [-0.1, -0.05) is 18.2 Å². The molecule has 0 amide bonds. The van der Waals surface area contributed by atoms with E-state index in [2.05, 4.69) is 5.32 Å². The van der Waals surface area contributed by atoms with Gasteiger partial charge in [0, 0.05) is 12.2 Å². The maximum Gasteiger partial charge on any atom is 0.161 e. The van der Waals surface area contributed by atoms with Crippen molar-refractivity contribution >= 4 is 5.69 Å². The quantitative estimate of drug-likeness (QED) is 0.897. The Bertz CT molecular complexity index is 581. The predicted molar refractivity (Wildman–Crippen MR) is 77.1 cm³/mol. The summed E-state index contributed by atoms with van der Waals surface area (Å²) in [5.74, 6) is 1.62. The highest BCUT2D eigenvalue weighted by Gasteiger charge is 2.11. The van der Waals surface area contributed by atoms with Crippen molar-refractivity contribution in [3.8, 4) is 11.5 Å². The van der Waals surface area contributed by atoms with E-state index in [1.54, 1.807) is 0 Å². The molecule has 4 heteroatoms. The Balaban J connectivity index is 1.65. The second kappa shape index (κ2) is 5.84. The Labute approximate surface area is 118 Å². The molecule has 0 radical (unpaired) electrons. The summed E-state index contributed by atoms with van der Waals surface area (Å²) in [6.07, 6.45) is 0. The van der Waals surface area contributed by atoms with Gasteiger partial charge in [-0.05, 0) is 35.4 Å². The van der Waals surface area contributed by atoms with Crippen LogP contribution in [0.25, 0.3) is 0 Å². The van der Waals surface area contributed by atoms with Crippen molar-refractivity contribution in [1.82, 2.24) is 0 Å². The van der Waals surface area contributed by atoms with Gasteiger partial charge in [-0.15, -0.1) is 0 Å². The van der Waals surface area contributed by atoms with E-state index >= 15 is 0 Å². The lowest BCUT2D eigenvalue weighted by Gasteiger charge is -2.19. The van der Waals surface area contributed by atoms with Gasteiger partial charge in [0.25, 0.3) is 0 Å². The van der Waals surface area contributed by atoms with Crippen molar-refractivity contribution in [1.29, 1.82) is 0 Å². The normalized spacial score (nSPS) is 13.1. The Hall–Kier alpha value is -2.20. The monoisotopic (exact) mass is 271 g/mol. The SMILES string of the molecule is OCc1ccc(NCc2ccc3c(c2)OCCO3)cc1. The van der Waals surface area contributed by atoms with E-state index in [-0.39, 0.29) is 6.61 Å². The van der Waals surface area contributed by atoms with E-state index in [4.69, 9.17) is 14.6 Å². The van der Waals surface area contributed by atoms with Crippen LogP contribution >= 0.6 is 0 Å². The van der Waals surface area contributed by atoms with E-state index in [0.717, 1.165) is 34.9 Å². The summed E-state index contributed by atoms with van der Waals surface area (Å²) in [6, 6.07) is 13.7. The molecule has 1 aliphatic heterocycles. The zero-order valence-corrected chi connectivity index (χ0v) is 11.1. The summed E-state index contributed by atoms with van der Waals surface area (Å²) in [6.45, 7) is 2.01. The fourth-order valence-corrected chi connectivity index (χ4v) is 2.13. The molecule has 0 aromatic heterocycles. The molecular weight excluding hydrogens is 254 g/mol. The van der Waals surface area contributed by atoms with Crippen molar-refractivity contribution in [3.63, 3.8) is 0 Å². The van der Waals surface area contributed by atoms with E-state index < -0.39 is 0 Å². The van der Waals surface area contributed by atoms with Crippen LogP contribution < -0.4 is 14.8 Å². The third-order valence-electron chi connectivity index (χ3n) is 3.24. The van der Waals surface area contributed by atoms with E-state index in [0.29, 0.717) is 13.2 Å². The van der Waals surface area contributed by atoms with Crippen LogP contribution in [-0.2, 0) is 13.2 Å². The van der Waals surface area contributed by atoms with Gasteiger partial charge < -0.3 is 19.9 Å². The highest BCUT2D eigenvalue weighted by molar-refractivity contribution is 5.47. The summed E-state index contributed by atoms with van der Waals surface area (Å²) in [5, 5.41) is 12.3. The molecule has 0 saturated carbocycles. The molecule has 0 fully saturated rings. The van der Waals surface area contributed by atoms with Gasteiger partial charge in [0.05, 0.1) is 6.61 Å². The van der Waals surface area contributed by atoms with Gasteiger partial charge in [-0.3, -0.25) is 0 Å². The van der Waals surface area contributed by atoms with Crippen LogP contribution in [0.2, 0.25) is 0 Å². The fourth-order valence-electron chi connectivity index (χ4n) is 2.13. The average Bonchev–Trinajstić information content (AvgIpc) is 2.53. The molecule has 0 spiro atoms. The number of rotatable bonds is 4. The molecule has 104 valence electrons. The number of aliphatic hydroxyl groups is 1. The topological polar surface area (TPSA) is 50.7 Å². The number of nitrogens with one attached hydrogen (secondary N) is 1. The summed E-state index contributed by atoms with van der Waals surface area (Å²) < 4.78 is 11.1. The average molecular weight is 271 g/mol. The second-order valence-corrected chi connectivity index (χ2v) is 4.69. The molecule has 1 aliphatic rings. The zero-order chi connectivity index (χ0) is 13.8. The van der Waals surface area contributed by atoms with Crippen LogP contribution in [0.15, 0.2) is 42.5 Å². The highest BCUT2D eigenvalue weighted by atomic mass is 16.6. The van der Waals surface area contributed by atoms with Gasteiger partial charge >= 0.3 is 0 Å². The molecule has 4 nitrogen and oxygen atoms in total. The third kappa shape index (κ3) is 2.86. The Kier molecular flexibility index (Phi) is 3.74. The van der Waals surface area contributed by atoms with Crippen LogP contribution in [0.5, 0.6) is 11.5 Å². The summed E-state index contributed by atoms with van der Waals surface area (Å²) in [5.41, 5.74) is 3.08. The van der Waals surface area contributed by atoms with Gasteiger partial charge in [0.1, 0.15) is 13.2 Å². The first-order chi connectivity index (χ1) is 9.85. The van der Waals surface area contributed by atoms with Crippen molar-refractivity contribution < 1.29 is 14.6 Å². The zero-order valence-electron chi connectivity index (χ0n) is 11.1. The maximum atomic E-state index is 9.00. The van der Waals surface area contributed by atoms with E-state index in [9.17, 15) is 0 Å². The Morgan fingerprint density at radius 2 is 1.60 bits per heavy atom. The Morgan fingerprint density at radius 3 is 2.35 bits per heavy atom. The van der Waals surface area contributed by atoms with E-state index in [1.165, 1.54) is 0 Å². The summed E-state index contributed by atoms with van der Waals surface area (Å²) >= 11 is 0. The molecule has 2 aromatic rings. The van der Waals surface area contributed by atoms with Gasteiger partial charge in [0.2, 0.25) is 0 Å². The lowest BCUT2D eigenvalue weighted by atomic mass is 10.1. The van der Waals surface area contributed by atoms with E-state index in [1.807, 2.05) is 42.5 Å². The third-order valence-corrected chi connectivity index (χ3v) is 3.24. The van der Waals surface area contributed by atoms with Crippen LogP contribution in [0.4, 0.5) is 5.69 Å². The molecular formula is C16H17NO3. The van der Waals surface area contributed by atoms with Crippen LogP contribution in [0.1, 0.15) is 11.1 Å². The number of hydrogen-bond donors (Lipinski definition) is 2. The number of ether oxygens (including phenoxy) is 2. The molecule has 2 N–H and O–H groups in total. The minimum absolute atomic E-state index is 0.0719. The molecule has 3 rings (SSSR count).